The van der Waals surface area contributed by atoms with E-state index < -0.39 is 0 Å². The number of hydrogen-bond donors (Lipinski definition) is 0. The Kier molecular flexibility index (Phi) is 3.52. The van der Waals surface area contributed by atoms with E-state index in [1.54, 1.807) is 6.07 Å². The molecular weight excluding hydrogens is 254 g/mol. The lowest BCUT2D eigenvalue weighted by atomic mass is 9.80. The number of rotatable bonds is 4. The molecule has 98 valence electrons. The maximum Gasteiger partial charge on any atom is 0.178 e. The van der Waals surface area contributed by atoms with Gasteiger partial charge in [-0.1, -0.05) is 21.9 Å². The molecule has 1 unspecified atom stereocenters. The van der Waals surface area contributed by atoms with Crippen molar-refractivity contribution in [3.05, 3.63) is 17.0 Å². The van der Waals surface area contributed by atoms with E-state index in [0.717, 1.165) is 12.5 Å². The SMILES string of the molecule is Clc1cc(CO/N=C/C2CN3CCC2CC3)on1. The number of aromatic nitrogens is 1. The van der Waals surface area contributed by atoms with Gasteiger partial charge < -0.3 is 14.3 Å². The Morgan fingerprint density at radius 3 is 3.00 bits per heavy atom. The number of nitrogens with zero attached hydrogens (tertiary/aromatic N) is 3. The van der Waals surface area contributed by atoms with Crippen molar-refractivity contribution in [2.24, 2.45) is 17.0 Å². The fraction of sp³-hybridized carbons (Fsp3) is 0.667. The second-order valence-electron chi connectivity index (χ2n) is 4.95. The van der Waals surface area contributed by atoms with E-state index in [9.17, 15) is 0 Å². The first-order valence-electron chi connectivity index (χ1n) is 6.30. The molecule has 1 aromatic rings. The third kappa shape index (κ3) is 2.67. The second-order valence-corrected chi connectivity index (χ2v) is 5.33. The van der Waals surface area contributed by atoms with Crippen molar-refractivity contribution < 1.29 is 9.36 Å². The van der Waals surface area contributed by atoms with Crippen LogP contribution in [0.5, 0.6) is 0 Å². The summed E-state index contributed by atoms with van der Waals surface area (Å²) in [4.78, 5) is 7.69. The molecule has 6 heteroatoms. The Morgan fingerprint density at radius 2 is 2.39 bits per heavy atom. The van der Waals surface area contributed by atoms with Gasteiger partial charge in [-0.3, -0.25) is 0 Å². The highest BCUT2D eigenvalue weighted by Gasteiger charge is 2.33. The Bertz CT molecular complexity index is 427. The molecule has 1 aromatic heterocycles. The van der Waals surface area contributed by atoms with Crippen molar-refractivity contribution in [3.8, 4) is 0 Å². The summed E-state index contributed by atoms with van der Waals surface area (Å²) in [6.45, 7) is 3.88. The van der Waals surface area contributed by atoms with Gasteiger partial charge in [0, 0.05) is 24.7 Å². The lowest BCUT2D eigenvalue weighted by Crippen LogP contribution is -2.47. The summed E-state index contributed by atoms with van der Waals surface area (Å²) >= 11 is 5.63. The predicted molar refractivity (Wildman–Crippen MR) is 67.4 cm³/mol. The van der Waals surface area contributed by atoms with Crippen LogP contribution in [0.25, 0.3) is 0 Å². The second kappa shape index (κ2) is 5.28. The first-order chi connectivity index (χ1) is 8.81. The van der Waals surface area contributed by atoms with Gasteiger partial charge in [0.2, 0.25) is 0 Å². The molecule has 3 aliphatic heterocycles. The van der Waals surface area contributed by atoms with Crippen LogP contribution < -0.4 is 0 Å². The van der Waals surface area contributed by atoms with E-state index in [2.05, 4.69) is 15.2 Å². The summed E-state index contributed by atoms with van der Waals surface area (Å²) in [5, 5.41) is 7.95. The fourth-order valence-electron chi connectivity index (χ4n) is 2.76. The molecule has 4 rings (SSSR count). The molecule has 0 amide bonds. The summed E-state index contributed by atoms with van der Waals surface area (Å²) < 4.78 is 4.92. The lowest BCUT2D eigenvalue weighted by Gasteiger charge is -2.43. The minimum absolute atomic E-state index is 0.275. The van der Waals surface area contributed by atoms with E-state index in [4.69, 9.17) is 21.0 Å². The average molecular weight is 270 g/mol. The van der Waals surface area contributed by atoms with Gasteiger partial charge in [-0.25, -0.2) is 0 Å². The van der Waals surface area contributed by atoms with Crippen molar-refractivity contribution >= 4 is 17.8 Å². The molecule has 2 bridgehead atoms. The molecule has 5 nitrogen and oxygen atoms in total. The highest BCUT2D eigenvalue weighted by Crippen LogP contribution is 2.31. The van der Waals surface area contributed by atoms with Crippen LogP contribution in [0, 0.1) is 11.8 Å². The molecule has 0 spiro atoms. The van der Waals surface area contributed by atoms with Gasteiger partial charge in [0.05, 0.1) is 0 Å². The van der Waals surface area contributed by atoms with Crippen LogP contribution in [0.4, 0.5) is 0 Å². The molecule has 0 aromatic carbocycles. The maximum atomic E-state index is 5.63. The topological polar surface area (TPSA) is 50.9 Å². The van der Waals surface area contributed by atoms with E-state index in [-0.39, 0.29) is 6.61 Å². The standard InChI is InChI=1S/C12H16ClN3O2/c13-12-5-11(18-15-12)8-17-14-6-10-7-16-3-1-9(10)2-4-16/h5-6,9-10H,1-4,7-8H2/b14-6+. The Balaban J connectivity index is 1.46. The van der Waals surface area contributed by atoms with Crippen molar-refractivity contribution in [2.75, 3.05) is 19.6 Å². The molecule has 3 fully saturated rings. The summed E-state index contributed by atoms with van der Waals surface area (Å²) in [5.74, 6) is 1.90. The van der Waals surface area contributed by atoms with Crippen LogP contribution >= 0.6 is 11.6 Å². The first-order valence-corrected chi connectivity index (χ1v) is 6.68. The zero-order chi connectivity index (χ0) is 12.4. The van der Waals surface area contributed by atoms with Gasteiger partial charge >= 0.3 is 0 Å². The zero-order valence-electron chi connectivity index (χ0n) is 10.1. The number of fused-ring (bicyclic) bond motifs is 3. The van der Waals surface area contributed by atoms with Gasteiger partial charge in [-0.05, 0) is 31.8 Å². The molecule has 3 aliphatic rings. The number of hydrogen-bond acceptors (Lipinski definition) is 5. The summed E-state index contributed by atoms with van der Waals surface area (Å²) in [7, 11) is 0. The minimum Gasteiger partial charge on any atom is -0.388 e. The summed E-state index contributed by atoms with van der Waals surface area (Å²) in [6.07, 6.45) is 4.51. The fourth-order valence-corrected chi connectivity index (χ4v) is 2.91. The quantitative estimate of drug-likeness (QED) is 0.621. The smallest absolute Gasteiger partial charge is 0.178 e. The minimum atomic E-state index is 0.275. The third-order valence-corrected chi connectivity index (χ3v) is 3.95. The maximum absolute atomic E-state index is 5.63. The van der Waals surface area contributed by atoms with Crippen molar-refractivity contribution in [1.29, 1.82) is 0 Å². The third-order valence-electron chi connectivity index (χ3n) is 3.77. The van der Waals surface area contributed by atoms with Crippen LogP contribution in [0.15, 0.2) is 15.7 Å². The highest BCUT2D eigenvalue weighted by molar-refractivity contribution is 6.29. The summed E-state index contributed by atoms with van der Waals surface area (Å²) in [5.41, 5.74) is 0. The summed E-state index contributed by atoms with van der Waals surface area (Å²) in [6, 6.07) is 1.63. The van der Waals surface area contributed by atoms with Crippen LogP contribution in [-0.2, 0) is 11.4 Å². The molecule has 0 saturated carbocycles. The molecule has 0 aliphatic carbocycles. The van der Waals surface area contributed by atoms with Crippen molar-refractivity contribution in [1.82, 2.24) is 10.1 Å². The zero-order valence-corrected chi connectivity index (χ0v) is 10.8. The van der Waals surface area contributed by atoms with E-state index in [1.165, 1.54) is 25.9 Å². The van der Waals surface area contributed by atoms with E-state index in [1.807, 2.05) is 6.21 Å². The van der Waals surface area contributed by atoms with Crippen molar-refractivity contribution in [3.63, 3.8) is 0 Å². The van der Waals surface area contributed by atoms with Gasteiger partial charge in [0.1, 0.15) is 0 Å². The van der Waals surface area contributed by atoms with Gasteiger partial charge in [-0.2, -0.15) is 0 Å². The molecule has 3 saturated heterocycles. The largest absolute Gasteiger partial charge is 0.388 e. The molecule has 1 atom stereocenters. The average Bonchev–Trinajstić information content (AvgIpc) is 2.82. The monoisotopic (exact) mass is 269 g/mol. The van der Waals surface area contributed by atoms with Gasteiger partial charge in [-0.15, -0.1) is 0 Å². The number of oxime groups is 1. The van der Waals surface area contributed by atoms with Crippen molar-refractivity contribution in [2.45, 2.75) is 19.4 Å². The highest BCUT2D eigenvalue weighted by atomic mass is 35.5. The normalized spacial score (nSPS) is 31.1. The van der Waals surface area contributed by atoms with Crippen LogP contribution in [0.2, 0.25) is 5.15 Å². The van der Waals surface area contributed by atoms with Gasteiger partial charge in [0.25, 0.3) is 0 Å². The number of piperidine rings is 3. The molecule has 0 radical (unpaired) electrons. The Morgan fingerprint density at radius 1 is 1.56 bits per heavy atom. The Hall–Kier alpha value is -1.07. The van der Waals surface area contributed by atoms with Crippen LogP contribution in [0.1, 0.15) is 18.6 Å². The Labute approximate surface area is 111 Å². The van der Waals surface area contributed by atoms with E-state index in [0.29, 0.717) is 16.8 Å². The van der Waals surface area contributed by atoms with Crippen LogP contribution in [0.3, 0.4) is 0 Å². The predicted octanol–water partition coefficient (Wildman–Crippen LogP) is 2.17. The molecule has 0 N–H and O–H groups in total. The first kappa shape index (κ1) is 12.0. The molecule has 4 heterocycles. The van der Waals surface area contributed by atoms with E-state index >= 15 is 0 Å². The number of halogens is 1. The van der Waals surface area contributed by atoms with Crippen LogP contribution in [-0.4, -0.2) is 35.9 Å². The van der Waals surface area contributed by atoms with Gasteiger partial charge in [0.15, 0.2) is 17.5 Å². The molecule has 18 heavy (non-hydrogen) atoms. The molecular formula is C12H16ClN3O2. The lowest BCUT2D eigenvalue weighted by molar-refractivity contribution is 0.0762.